The number of ether oxygens (including phenoxy) is 1. The largest absolute Gasteiger partial charge is 0.422 e. The summed E-state index contributed by atoms with van der Waals surface area (Å²) < 4.78 is 4.87. The van der Waals surface area contributed by atoms with Gasteiger partial charge in [-0.25, -0.2) is 0 Å². The van der Waals surface area contributed by atoms with Crippen LogP contribution in [-0.4, -0.2) is 15.9 Å². The van der Waals surface area contributed by atoms with E-state index in [2.05, 4.69) is 4.98 Å². The maximum Gasteiger partial charge on any atom is 0.363 e. The van der Waals surface area contributed by atoms with Gasteiger partial charge in [0.15, 0.2) is 11.9 Å². The molecule has 0 radical (unpaired) electrons. The van der Waals surface area contributed by atoms with Crippen molar-refractivity contribution in [3.05, 3.63) is 28.4 Å². The molecule has 0 spiro atoms. The van der Waals surface area contributed by atoms with Gasteiger partial charge in [0.2, 0.25) is 0 Å². The van der Waals surface area contributed by atoms with Crippen LogP contribution in [0.2, 0.25) is 0 Å². The van der Waals surface area contributed by atoms with E-state index in [1.807, 2.05) is 6.92 Å². The highest BCUT2D eigenvalue weighted by atomic mass is 16.6. The van der Waals surface area contributed by atoms with Crippen LogP contribution in [0.15, 0.2) is 18.3 Å². The number of esters is 1. The standard InChI is InChI=1S/C9H10N2O4/c1-2-3-9(12)15-7-4-5-8(10-6-7)11(13)14/h4-6H,2-3H2,1H3. The van der Waals surface area contributed by atoms with E-state index >= 15 is 0 Å². The van der Waals surface area contributed by atoms with E-state index in [1.165, 1.54) is 12.1 Å². The lowest BCUT2D eigenvalue weighted by molar-refractivity contribution is -0.389. The number of rotatable bonds is 4. The molecule has 1 heterocycles. The third-order valence-electron chi connectivity index (χ3n) is 1.59. The lowest BCUT2D eigenvalue weighted by Crippen LogP contribution is -2.07. The molecule has 0 saturated carbocycles. The molecule has 0 atom stereocenters. The van der Waals surface area contributed by atoms with Gasteiger partial charge in [0.25, 0.3) is 0 Å². The number of carbonyl (C=O) groups is 1. The molecule has 0 bridgehead atoms. The SMILES string of the molecule is CCCC(=O)Oc1ccc([N+](=O)[O-])nc1. The van der Waals surface area contributed by atoms with Crippen molar-refractivity contribution < 1.29 is 14.5 Å². The Labute approximate surface area is 86.0 Å². The Kier molecular flexibility index (Phi) is 3.73. The maximum atomic E-state index is 11.0. The Bertz CT molecular complexity index is 361. The molecular formula is C9H10N2O4. The molecule has 1 aromatic heterocycles. The first-order valence-electron chi connectivity index (χ1n) is 4.44. The van der Waals surface area contributed by atoms with Crippen LogP contribution < -0.4 is 4.74 Å². The molecule has 15 heavy (non-hydrogen) atoms. The highest BCUT2D eigenvalue weighted by molar-refractivity contribution is 5.72. The Morgan fingerprint density at radius 1 is 1.60 bits per heavy atom. The highest BCUT2D eigenvalue weighted by Gasteiger charge is 2.09. The summed E-state index contributed by atoms with van der Waals surface area (Å²) in [5, 5.41) is 10.3. The molecular weight excluding hydrogens is 200 g/mol. The van der Waals surface area contributed by atoms with E-state index < -0.39 is 4.92 Å². The van der Waals surface area contributed by atoms with Crippen molar-refractivity contribution in [2.45, 2.75) is 19.8 Å². The molecule has 80 valence electrons. The number of hydrogen-bond acceptors (Lipinski definition) is 5. The first-order chi connectivity index (χ1) is 7.13. The first-order valence-corrected chi connectivity index (χ1v) is 4.44. The molecule has 0 aliphatic carbocycles. The van der Waals surface area contributed by atoms with Crippen molar-refractivity contribution in [3.8, 4) is 5.75 Å². The van der Waals surface area contributed by atoms with Crippen molar-refractivity contribution in [1.29, 1.82) is 0 Å². The Morgan fingerprint density at radius 3 is 2.80 bits per heavy atom. The lowest BCUT2D eigenvalue weighted by Gasteiger charge is -2.00. The van der Waals surface area contributed by atoms with Crippen molar-refractivity contribution >= 4 is 11.8 Å². The average Bonchev–Trinajstić information content (AvgIpc) is 2.18. The Hall–Kier alpha value is -1.98. The van der Waals surface area contributed by atoms with Gasteiger partial charge in [-0.2, -0.15) is 0 Å². The summed E-state index contributed by atoms with van der Waals surface area (Å²) in [4.78, 5) is 24.2. The van der Waals surface area contributed by atoms with Crippen LogP contribution in [0, 0.1) is 10.1 Å². The second kappa shape index (κ2) is 5.04. The summed E-state index contributed by atoms with van der Waals surface area (Å²) in [5.41, 5.74) is 0. The minimum Gasteiger partial charge on any atom is -0.422 e. The van der Waals surface area contributed by atoms with Gasteiger partial charge in [-0.15, -0.1) is 0 Å². The number of carbonyl (C=O) groups excluding carboxylic acids is 1. The molecule has 0 fully saturated rings. The van der Waals surface area contributed by atoms with E-state index in [1.54, 1.807) is 0 Å². The van der Waals surface area contributed by atoms with Crippen molar-refractivity contribution in [1.82, 2.24) is 4.98 Å². The predicted molar refractivity (Wildman–Crippen MR) is 51.4 cm³/mol. The summed E-state index contributed by atoms with van der Waals surface area (Å²) >= 11 is 0. The van der Waals surface area contributed by atoms with Gasteiger partial charge in [0.1, 0.15) is 0 Å². The molecule has 0 aliphatic heterocycles. The van der Waals surface area contributed by atoms with Crippen LogP contribution in [0.25, 0.3) is 0 Å². The summed E-state index contributed by atoms with van der Waals surface area (Å²) in [5.74, 6) is -0.419. The lowest BCUT2D eigenvalue weighted by atomic mass is 10.3. The number of aromatic nitrogens is 1. The molecule has 0 saturated heterocycles. The molecule has 6 heteroatoms. The topological polar surface area (TPSA) is 82.3 Å². The van der Waals surface area contributed by atoms with Crippen molar-refractivity contribution in [2.24, 2.45) is 0 Å². The van der Waals surface area contributed by atoms with E-state index in [9.17, 15) is 14.9 Å². The Balaban J connectivity index is 2.64. The van der Waals surface area contributed by atoms with Crippen LogP contribution in [-0.2, 0) is 4.79 Å². The molecule has 0 amide bonds. The fourth-order valence-electron chi connectivity index (χ4n) is 0.927. The van der Waals surface area contributed by atoms with E-state index in [4.69, 9.17) is 4.74 Å². The molecule has 0 aromatic carbocycles. The minimum absolute atomic E-state index is 0.221. The molecule has 1 aromatic rings. The van der Waals surface area contributed by atoms with Crippen LogP contribution >= 0.6 is 0 Å². The average molecular weight is 210 g/mol. The third kappa shape index (κ3) is 3.34. The second-order valence-electron chi connectivity index (χ2n) is 2.83. The quantitative estimate of drug-likeness (QED) is 0.429. The maximum absolute atomic E-state index is 11.0. The van der Waals surface area contributed by atoms with Gasteiger partial charge in [-0.05, 0) is 22.4 Å². The molecule has 0 unspecified atom stereocenters. The van der Waals surface area contributed by atoms with Gasteiger partial charge >= 0.3 is 11.8 Å². The summed E-state index contributed by atoms with van der Waals surface area (Å²) in [7, 11) is 0. The zero-order valence-electron chi connectivity index (χ0n) is 8.17. The molecule has 1 rings (SSSR count). The number of nitrogens with zero attached hydrogens (tertiary/aromatic N) is 2. The first kappa shape index (κ1) is 11.1. The van der Waals surface area contributed by atoms with Gasteiger partial charge in [-0.1, -0.05) is 6.92 Å². The molecule has 0 N–H and O–H groups in total. The van der Waals surface area contributed by atoms with Gasteiger partial charge in [0.05, 0.1) is 0 Å². The summed E-state index contributed by atoms with van der Waals surface area (Å²) in [6, 6.07) is 2.53. The van der Waals surface area contributed by atoms with Crippen molar-refractivity contribution in [2.75, 3.05) is 0 Å². The van der Waals surface area contributed by atoms with E-state index in [-0.39, 0.29) is 17.5 Å². The van der Waals surface area contributed by atoms with Crippen LogP contribution in [0.4, 0.5) is 5.82 Å². The second-order valence-corrected chi connectivity index (χ2v) is 2.83. The van der Waals surface area contributed by atoms with E-state index in [0.29, 0.717) is 12.8 Å². The van der Waals surface area contributed by atoms with Crippen LogP contribution in [0.1, 0.15) is 19.8 Å². The Morgan fingerprint density at radius 2 is 2.33 bits per heavy atom. The highest BCUT2D eigenvalue weighted by Crippen LogP contribution is 2.14. The molecule has 6 nitrogen and oxygen atoms in total. The molecule has 0 aliphatic rings. The normalized spacial score (nSPS) is 9.67. The van der Waals surface area contributed by atoms with E-state index in [0.717, 1.165) is 6.20 Å². The van der Waals surface area contributed by atoms with Gasteiger partial charge in [0, 0.05) is 12.5 Å². The number of nitro groups is 1. The summed E-state index contributed by atoms with van der Waals surface area (Å²) in [6.07, 6.45) is 2.17. The van der Waals surface area contributed by atoms with Gasteiger partial charge in [-0.3, -0.25) is 4.79 Å². The number of hydrogen-bond donors (Lipinski definition) is 0. The smallest absolute Gasteiger partial charge is 0.363 e. The fraction of sp³-hybridized carbons (Fsp3) is 0.333. The fourth-order valence-corrected chi connectivity index (χ4v) is 0.927. The monoisotopic (exact) mass is 210 g/mol. The predicted octanol–water partition coefficient (Wildman–Crippen LogP) is 1.70. The minimum atomic E-state index is -0.613. The van der Waals surface area contributed by atoms with Crippen molar-refractivity contribution in [3.63, 3.8) is 0 Å². The third-order valence-corrected chi connectivity index (χ3v) is 1.59. The van der Waals surface area contributed by atoms with Crippen LogP contribution in [0.3, 0.4) is 0 Å². The zero-order valence-corrected chi connectivity index (χ0v) is 8.17. The zero-order chi connectivity index (χ0) is 11.3. The summed E-state index contributed by atoms with van der Waals surface area (Å²) in [6.45, 7) is 1.86. The number of pyridine rings is 1. The van der Waals surface area contributed by atoms with Crippen LogP contribution in [0.5, 0.6) is 5.75 Å². The van der Waals surface area contributed by atoms with Gasteiger partial charge < -0.3 is 14.9 Å².